The van der Waals surface area contributed by atoms with E-state index in [1.165, 1.54) is 12.4 Å². The molecule has 1 spiro atoms. The highest BCUT2D eigenvalue weighted by molar-refractivity contribution is 5.93. The Bertz CT molecular complexity index is 510. The number of likely N-dealkylation sites (tertiary alicyclic amines) is 2. The molecule has 2 saturated heterocycles. The molecular formula is C15H22N4O2. The van der Waals surface area contributed by atoms with E-state index in [1.54, 1.807) is 6.07 Å². The number of nitrogens with zero attached hydrogens (tertiary/aromatic N) is 4. The Morgan fingerprint density at radius 2 is 2.24 bits per heavy atom. The fourth-order valence-electron chi connectivity index (χ4n) is 3.71. The fraction of sp³-hybridized carbons (Fsp3) is 0.667. The van der Waals surface area contributed by atoms with E-state index >= 15 is 0 Å². The number of hydrogen-bond acceptors (Lipinski definition) is 5. The van der Waals surface area contributed by atoms with E-state index < -0.39 is 0 Å². The summed E-state index contributed by atoms with van der Waals surface area (Å²) < 4.78 is 0. The van der Waals surface area contributed by atoms with Gasteiger partial charge in [-0.25, -0.2) is 0 Å². The van der Waals surface area contributed by atoms with Gasteiger partial charge in [-0.3, -0.25) is 4.79 Å². The van der Waals surface area contributed by atoms with Crippen LogP contribution in [-0.4, -0.2) is 70.3 Å². The van der Waals surface area contributed by atoms with Crippen molar-refractivity contribution in [2.45, 2.75) is 25.4 Å². The average Bonchev–Trinajstić information content (AvgIpc) is 2.52. The van der Waals surface area contributed by atoms with Gasteiger partial charge in [0.25, 0.3) is 5.91 Å². The second-order valence-electron chi connectivity index (χ2n) is 6.37. The summed E-state index contributed by atoms with van der Waals surface area (Å²) in [5.74, 6) is -0.00981. The van der Waals surface area contributed by atoms with E-state index in [0.717, 1.165) is 38.9 Å². The number of carbonyl (C=O) groups excluding carboxylic acids is 1. The first-order chi connectivity index (χ1) is 10.1. The van der Waals surface area contributed by atoms with Crippen LogP contribution in [0.3, 0.4) is 0 Å². The standard InChI is InChI=1S/C15H22N4O2/c1-18-8-4-13(20)15(10-18)5-2-7-19(11-15)14(21)12-3-6-16-17-9-12/h3,6,9,13,20H,2,4-5,7-8,10-11H2,1H3/t13-,15-/m0/s1. The fourth-order valence-corrected chi connectivity index (χ4v) is 3.71. The molecule has 2 aliphatic heterocycles. The first-order valence-electron chi connectivity index (χ1n) is 7.53. The predicted molar refractivity (Wildman–Crippen MR) is 77.7 cm³/mol. The zero-order chi connectivity index (χ0) is 14.9. The molecule has 21 heavy (non-hydrogen) atoms. The third-order valence-electron chi connectivity index (χ3n) is 4.80. The molecule has 2 atom stereocenters. The minimum absolute atomic E-state index is 0.00981. The number of carbonyl (C=O) groups is 1. The number of hydrogen-bond donors (Lipinski definition) is 1. The summed E-state index contributed by atoms with van der Waals surface area (Å²) in [5, 5.41) is 18.0. The summed E-state index contributed by atoms with van der Waals surface area (Å²) in [6, 6.07) is 1.69. The largest absolute Gasteiger partial charge is 0.392 e. The van der Waals surface area contributed by atoms with Gasteiger partial charge in [-0.05, 0) is 32.4 Å². The maximum Gasteiger partial charge on any atom is 0.255 e. The first-order valence-corrected chi connectivity index (χ1v) is 7.53. The summed E-state index contributed by atoms with van der Waals surface area (Å²) in [6.07, 6.45) is 5.43. The van der Waals surface area contributed by atoms with Crippen LogP contribution in [0.5, 0.6) is 0 Å². The van der Waals surface area contributed by atoms with E-state index in [9.17, 15) is 9.90 Å². The van der Waals surface area contributed by atoms with Gasteiger partial charge >= 0.3 is 0 Å². The molecule has 0 aromatic carbocycles. The Morgan fingerprint density at radius 1 is 1.38 bits per heavy atom. The lowest BCUT2D eigenvalue weighted by atomic mass is 9.71. The summed E-state index contributed by atoms with van der Waals surface area (Å²) in [4.78, 5) is 16.7. The molecule has 3 rings (SSSR count). The molecule has 6 heteroatoms. The second kappa shape index (κ2) is 5.69. The lowest BCUT2D eigenvalue weighted by Gasteiger charge is -2.50. The lowest BCUT2D eigenvalue weighted by Crippen LogP contribution is -2.59. The predicted octanol–water partition coefficient (Wildman–Crippen LogP) is 0.395. The Balaban J connectivity index is 1.78. The molecule has 1 aromatic heterocycles. The molecule has 0 unspecified atom stereocenters. The number of aromatic nitrogens is 2. The van der Waals surface area contributed by atoms with Crippen LogP contribution in [0, 0.1) is 5.41 Å². The molecule has 2 fully saturated rings. The molecule has 114 valence electrons. The Hall–Kier alpha value is -1.53. The van der Waals surface area contributed by atoms with Gasteiger partial charge in [0.2, 0.25) is 0 Å². The van der Waals surface area contributed by atoms with Crippen molar-refractivity contribution >= 4 is 5.91 Å². The summed E-state index contributed by atoms with van der Waals surface area (Å²) >= 11 is 0. The lowest BCUT2D eigenvalue weighted by molar-refractivity contribution is -0.0731. The van der Waals surface area contributed by atoms with Gasteiger partial charge in [0.05, 0.1) is 24.1 Å². The molecule has 1 amide bonds. The number of rotatable bonds is 1. The smallest absolute Gasteiger partial charge is 0.255 e. The second-order valence-corrected chi connectivity index (χ2v) is 6.37. The molecule has 2 aliphatic rings. The topological polar surface area (TPSA) is 69.6 Å². The highest BCUT2D eigenvalue weighted by atomic mass is 16.3. The van der Waals surface area contributed by atoms with E-state index in [-0.39, 0.29) is 17.4 Å². The number of amides is 1. The van der Waals surface area contributed by atoms with Gasteiger partial charge in [-0.1, -0.05) is 0 Å². The van der Waals surface area contributed by atoms with E-state index in [4.69, 9.17) is 0 Å². The van der Waals surface area contributed by atoms with E-state index in [2.05, 4.69) is 22.1 Å². The minimum Gasteiger partial charge on any atom is -0.392 e. The van der Waals surface area contributed by atoms with Gasteiger partial charge in [-0.2, -0.15) is 10.2 Å². The minimum atomic E-state index is -0.320. The van der Waals surface area contributed by atoms with Gasteiger partial charge in [0, 0.05) is 31.6 Å². The molecule has 3 heterocycles. The van der Waals surface area contributed by atoms with Crippen molar-refractivity contribution in [3.05, 3.63) is 24.0 Å². The van der Waals surface area contributed by atoms with Crippen LogP contribution in [0.2, 0.25) is 0 Å². The van der Waals surface area contributed by atoms with E-state index in [0.29, 0.717) is 12.1 Å². The van der Waals surface area contributed by atoms with Crippen LogP contribution in [0.4, 0.5) is 0 Å². The van der Waals surface area contributed by atoms with Gasteiger partial charge in [-0.15, -0.1) is 0 Å². The molecule has 1 aromatic rings. The molecule has 0 saturated carbocycles. The zero-order valence-corrected chi connectivity index (χ0v) is 12.4. The highest BCUT2D eigenvalue weighted by Gasteiger charge is 2.45. The molecule has 0 aliphatic carbocycles. The number of aliphatic hydroxyl groups is 1. The molecular weight excluding hydrogens is 268 g/mol. The summed E-state index contributed by atoms with van der Waals surface area (Å²) in [7, 11) is 2.08. The maximum atomic E-state index is 12.6. The normalized spacial score (nSPS) is 30.6. The third-order valence-corrected chi connectivity index (χ3v) is 4.80. The van der Waals surface area contributed by atoms with Gasteiger partial charge in [0.1, 0.15) is 0 Å². The molecule has 6 nitrogen and oxygen atoms in total. The van der Waals surface area contributed by atoms with Crippen LogP contribution in [0.15, 0.2) is 18.5 Å². The zero-order valence-electron chi connectivity index (χ0n) is 12.4. The van der Waals surface area contributed by atoms with Crippen molar-refractivity contribution in [3.8, 4) is 0 Å². The van der Waals surface area contributed by atoms with Crippen molar-refractivity contribution in [3.63, 3.8) is 0 Å². The van der Waals surface area contributed by atoms with Crippen molar-refractivity contribution in [1.29, 1.82) is 0 Å². The van der Waals surface area contributed by atoms with Crippen LogP contribution >= 0.6 is 0 Å². The molecule has 1 N–H and O–H groups in total. The van der Waals surface area contributed by atoms with Gasteiger partial charge in [0.15, 0.2) is 0 Å². The van der Waals surface area contributed by atoms with Crippen LogP contribution in [0.1, 0.15) is 29.6 Å². The summed E-state index contributed by atoms with van der Waals surface area (Å²) in [6.45, 7) is 3.15. The number of piperidine rings is 2. The van der Waals surface area contributed by atoms with Crippen LogP contribution < -0.4 is 0 Å². The molecule has 0 bridgehead atoms. The highest BCUT2D eigenvalue weighted by Crippen LogP contribution is 2.38. The first kappa shape index (κ1) is 14.4. The SMILES string of the molecule is CN1CC[C@H](O)[C@@]2(CCCN(C(=O)c3ccnnc3)C2)C1. The third kappa shape index (κ3) is 2.78. The van der Waals surface area contributed by atoms with Crippen LogP contribution in [0.25, 0.3) is 0 Å². The van der Waals surface area contributed by atoms with Gasteiger partial charge < -0.3 is 14.9 Å². The Kier molecular flexibility index (Phi) is 3.91. The van der Waals surface area contributed by atoms with Crippen molar-refractivity contribution < 1.29 is 9.90 Å². The van der Waals surface area contributed by atoms with Crippen molar-refractivity contribution in [2.24, 2.45) is 5.41 Å². The van der Waals surface area contributed by atoms with Crippen molar-refractivity contribution in [1.82, 2.24) is 20.0 Å². The maximum absolute atomic E-state index is 12.6. The Morgan fingerprint density at radius 3 is 3.00 bits per heavy atom. The number of aliphatic hydroxyl groups excluding tert-OH is 1. The van der Waals surface area contributed by atoms with E-state index in [1.807, 2.05) is 4.90 Å². The average molecular weight is 290 g/mol. The monoisotopic (exact) mass is 290 g/mol. The van der Waals surface area contributed by atoms with Crippen LogP contribution in [-0.2, 0) is 0 Å². The Labute approximate surface area is 124 Å². The quantitative estimate of drug-likeness (QED) is 0.810. The molecule has 0 radical (unpaired) electrons. The van der Waals surface area contributed by atoms with Crippen molar-refractivity contribution in [2.75, 3.05) is 33.2 Å². The summed E-state index contributed by atoms with van der Waals surface area (Å²) in [5.41, 5.74) is 0.391.